The van der Waals surface area contributed by atoms with Crippen LogP contribution in [-0.4, -0.2) is 9.20 Å². The van der Waals surface area contributed by atoms with Crippen LogP contribution in [0.15, 0.2) is 24.3 Å². The maximum absolute atomic E-state index is 4.49. The van der Waals surface area contributed by atoms with Gasteiger partial charge in [-0.15, -0.1) is 0 Å². The monoisotopic (exact) mass is 283 g/mol. The minimum Gasteiger partial charge on any atom is -0.192 e. The van der Waals surface area contributed by atoms with Gasteiger partial charge in [0, 0.05) is 21.0 Å². The SMILES string of the molecule is CCC(c1snc2ccccc12)C(C)Br. The van der Waals surface area contributed by atoms with Crippen LogP contribution in [0.3, 0.4) is 0 Å². The smallest absolute Gasteiger partial charge is 0.0843 e. The summed E-state index contributed by atoms with van der Waals surface area (Å²) in [6.07, 6.45) is 1.15. The van der Waals surface area contributed by atoms with Crippen LogP contribution in [0.25, 0.3) is 10.9 Å². The van der Waals surface area contributed by atoms with Gasteiger partial charge in [0.25, 0.3) is 0 Å². The molecule has 0 aliphatic heterocycles. The molecule has 1 aromatic carbocycles. The van der Waals surface area contributed by atoms with Crippen LogP contribution >= 0.6 is 27.5 Å². The quantitative estimate of drug-likeness (QED) is 0.752. The first-order valence-electron chi connectivity index (χ1n) is 5.22. The Labute approximate surface area is 103 Å². The normalized spacial score (nSPS) is 15.4. The van der Waals surface area contributed by atoms with Gasteiger partial charge in [-0.25, -0.2) is 0 Å². The predicted octanol–water partition coefficient (Wildman–Crippen LogP) is 4.57. The fourth-order valence-electron chi connectivity index (χ4n) is 1.90. The van der Waals surface area contributed by atoms with Crippen LogP contribution < -0.4 is 0 Å². The summed E-state index contributed by atoms with van der Waals surface area (Å²) in [7, 11) is 0. The first-order chi connectivity index (χ1) is 7.24. The lowest BCUT2D eigenvalue weighted by Crippen LogP contribution is -2.06. The Morgan fingerprint density at radius 2 is 2.13 bits per heavy atom. The number of nitrogens with zero attached hydrogens (tertiary/aromatic N) is 1. The van der Waals surface area contributed by atoms with Crippen molar-refractivity contribution in [3.63, 3.8) is 0 Å². The zero-order valence-electron chi connectivity index (χ0n) is 8.90. The van der Waals surface area contributed by atoms with Gasteiger partial charge in [-0.05, 0) is 24.0 Å². The summed E-state index contributed by atoms with van der Waals surface area (Å²) in [6.45, 7) is 4.44. The zero-order valence-corrected chi connectivity index (χ0v) is 11.3. The number of hydrogen-bond acceptors (Lipinski definition) is 2. The Morgan fingerprint density at radius 3 is 2.80 bits per heavy atom. The van der Waals surface area contributed by atoms with Gasteiger partial charge in [0.1, 0.15) is 0 Å². The van der Waals surface area contributed by atoms with Gasteiger partial charge in [-0.1, -0.05) is 48.0 Å². The van der Waals surface area contributed by atoms with E-state index in [4.69, 9.17) is 0 Å². The van der Waals surface area contributed by atoms with Crippen LogP contribution in [0.1, 0.15) is 31.1 Å². The topological polar surface area (TPSA) is 12.9 Å². The molecule has 0 bridgehead atoms. The summed E-state index contributed by atoms with van der Waals surface area (Å²) in [5.74, 6) is 0.572. The highest BCUT2D eigenvalue weighted by Gasteiger charge is 2.19. The summed E-state index contributed by atoms with van der Waals surface area (Å²) in [5, 5.41) is 1.32. The van der Waals surface area contributed by atoms with E-state index in [-0.39, 0.29) is 0 Å². The molecule has 0 N–H and O–H groups in total. The van der Waals surface area contributed by atoms with Crippen molar-refractivity contribution >= 4 is 38.4 Å². The molecule has 3 heteroatoms. The molecule has 0 aliphatic rings. The van der Waals surface area contributed by atoms with Crippen LogP contribution in [0.5, 0.6) is 0 Å². The van der Waals surface area contributed by atoms with Crippen LogP contribution in [0.4, 0.5) is 0 Å². The van der Waals surface area contributed by atoms with Crippen molar-refractivity contribution in [2.45, 2.75) is 31.0 Å². The molecule has 1 heterocycles. The Balaban J connectivity index is 2.51. The number of alkyl halides is 1. The van der Waals surface area contributed by atoms with Gasteiger partial charge in [0.05, 0.1) is 5.52 Å². The molecule has 0 amide bonds. The largest absolute Gasteiger partial charge is 0.192 e. The van der Waals surface area contributed by atoms with Crippen LogP contribution in [0, 0.1) is 0 Å². The van der Waals surface area contributed by atoms with Gasteiger partial charge in [0.2, 0.25) is 0 Å². The van der Waals surface area contributed by atoms with E-state index in [0.29, 0.717) is 10.7 Å². The highest BCUT2D eigenvalue weighted by molar-refractivity contribution is 9.09. The average molecular weight is 284 g/mol. The van der Waals surface area contributed by atoms with Crippen molar-refractivity contribution in [3.05, 3.63) is 29.1 Å². The third-order valence-corrected chi connectivity index (χ3v) is 4.39. The van der Waals surface area contributed by atoms with E-state index in [1.807, 2.05) is 6.07 Å². The van der Waals surface area contributed by atoms with Crippen molar-refractivity contribution in [2.75, 3.05) is 0 Å². The molecule has 2 aromatic rings. The summed E-state index contributed by atoms with van der Waals surface area (Å²) in [5.41, 5.74) is 1.13. The van der Waals surface area contributed by atoms with Crippen molar-refractivity contribution in [2.24, 2.45) is 0 Å². The fraction of sp³-hybridized carbons (Fsp3) is 0.417. The van der Waals surface area contributed by atoms with Gasteiger partial charge in [0.15, 0.2) is 0 Å². The molecular weight excluding hydrogens is 270 g/mol. The molecule has 1 aromatic heterocycles. The van der Waals surface area contributed by atoms with Gasteiger partial charge < -0.3 is 0 Å². The molecule has 1 nitrogen and oxygen atoms in total. The molecule has 2 atom stereocenters. The molecule has 15 heavy (non-hydrogen) atoms. The lowest BCUT2D eigenvalue weighted by Gasteiger charge is -2.15. The third-order valence-electron chi connectivity index (χ3n) is 2.74. The molecule has 2 rings (SSSR count). The highest BCUT2D eigenvalue weighted by atomic mass is 79.9. The van der Waals surface area contributed by atoms with Crippen molar-refractivity contribution in [1.82, 2.24) is 4.37 Å². The van der Waals surface area contributed by atoms with E-state index in [9.17, 15) is 0 Å². The summed E-state index contributed by atoms with van der Waals surface area (Å²) in [6, 6.07) is 8.39. The van der Waals surface area contributed by atoms with E-state index >= 15 is 0 Å². The zero-order chi connectivity index (χ0) is 10.8. The molecule has 80 valence electrons. The standard InChI is InChI=1S/C12H14BrNS/c1-3-9(8(2)13)12-10-6-4-5-7-11(10)14-15-12/h4-9H,3H2,1-2H3. The lowest BCUT2D eigenvalue weighted by atomic mass is 9.99. The van der Waals surface area contributed by atoms with Crippen LogP contribution in [-0.2, 0) is 0 Å². The van der Waals surface area contributed by atoms with E-state index in [1.165, 1.54) is 10.3 Å². The fourth-order valence-corrected chi connectivity index (χ4v) is 3.84. The third kappa shape index (κ3) is 2.08. The number of rotatable bonds is 3. The lowest BCUT2D eigenvalue weighted by molar-refractivity contribution is 0.679. The average Bonchev–Trinajstić information content (AvgIpc) is 2.63. The van der Waals surface area contributed by atoms with Crippen molar-refractivity contribution in [1.29, 1.82) is 0 Å². The molecule has 2 unspecified atom stereocenters. The minimum atomic E-state index is 0.506. The Bertz CT molecular complexity index is 450. The highest BCUT2D eigenvalue weighted by Crippen LogP contribution is 2.35. The molecule has 0 saturated carbocycles. The molecular formula is C12H14BrNS. The number of benzene rings is 1. The Kier molecular flexibility index (Phi) is 3.42. The molecule has 0 spiro atoms. The van der Waals surface area contributed by atoms with E-state index < -0.39 is 0 Å². The first-order valence-corrected chi connectivity index (χ1v) is 6.91. The first kappa shape index (κ1) is 11.1. The van der Waals surface area contributed by atoms with Gasteiger partial charge >= 0.3 is 0 Å². The second-order valence-electron chi connectivity index (χ2n) is 3.76. The van der Waals surface area contributed by atoms with E-state index in [2.05, 4.69) is 52.4 Å². The molecule has 0 aliphatic carbocycles. The van der Waals surface area contributed by atoms with Crippen LogP contribution in [0.2, 0.25) is 0 Å². The minimum absolute atomic E-state index is 0.506. The summed E-state index contributed by atoms with van der Waals surface area (Å²) in [4.78, 5) is 1.92. The maximum atomic E-state index is 4.49. The number of aromatic nitrogens is 1. The Hall–Kier alpha value is -0.410. The van der Waals surface area contributed by atoms with Gasteiger partial charge in [-0.2, -0.15) is 4.37 Å². The second kappa shape index (κ2) is 4.62. The molecule has 0 fully saturated rings. The second-order valence-corrected chi connectivity index (χ2v) is 6.01. The predicted molar refractivity (Wildman–Crippen MR) is 71.0 cm³/mol. The van der Waals surface area contributed by atoms with Gasteiger partial charge in [-0.3, -0.25) is 0 Å². The number of fused-ring (bicyclic) bond motifs is 1. The van der Waals surface area contributed by atoms with Crippen molar-refractivity contribution in [3.8, 4) is 0 Å². The number of halogens is 1. The number of hydrogen-bond donors (Lipinski definition) is 0. The van der Waals surface area contributed by atoms with E-state index in [0.717, 1.165) is 11.9 Å². The molecule has 0 radical (unpaired) electrons. The molecule has 0 saturated heterocycles. The Morgan fingerprint density at radius 1 is 1.40 bits per heavy atom. The summed E-state index contributed by atoms with van der Waals surface area (Å²) < 4.78 is 4.49. The maximum Gasteiger partial charge on any atom is 0.0843 e. The van der Waals surface area contributed by atoms with E-state index in [1.54, 1.807) is 11.5 Å². The summed E-state index contributed by atoms with van der Waals surface area (Å²) >= 11 is 5.33. The van der Waals surface area contributed by atoms with Crippen molar-refractivity contribution < 1.29 is 0 Å².